The molecule has 12 heavy (non-hydrogen) atoms. The van der Waals surface area contributed by atoms with Crippen LogP contribution in [0.25, 0.3) is 0 Å². The lowest BCUT2D eigenvalue weighted by Gasteiger charge is -2.09. The van der Waals surface area contributed by atoms with E-state index in [1.165, 1.54) is 0 Å². The molecule has 0 aliphatic rings. The third kappa shape index (κ3) is 1.93. The highest BCUT2D eigenvalue weighted by Crippen LogP contribution is 2.31. The van der Waals surface area contributed by atoms with Crippen molar-refractivity contribution >= 4 is 33.2 Å². The molecule has 0 aliphatic carbocycles. The van der Waals surface area contributed by atoms with Crippen molar-refractivity contribution in [1.82, 2.24) is 0 Å². The summed E-state index contributed by atoms with van der Waals surface area (Å²) in [4.78, 5) is 0. The molecule has 66 valence electrons. The van der Waals surface area contributed by atoms with Crippen molar-refractivity contribution in [2.45, 2.75) is 19.8 Å². The Labute approximate surface area is 86.0 Å². The minimum Gasteiger partial charge on any atom is -0.398 e. The minimum atomic E-state index is 0.425. The summed E-state index contributed by atoms with van der Waals surface area (Å²) >= 11 is 9.36. The smallest absolute Gasteiger partial charge is 0.0473 e. The van der Waals surface area contributed by atoms with Crippen LogP contribution in [0.4, 0.5) is 5.69 Å². The molecule has 1 nitrogen and oxygen atoms in total. The Morgan fingerprint density at radius 3 is 2.50 bits per heavy atom. The van der Waals surface area contributed by atoms with E-state index in [1.807, 2.05) is 6.07 Å². The molecule has 0 heterocycles. The number of rotatable bonds is 1. The third-order valence-corrected chi connectivity index (χ3v) is 2.75. The van der Waals surface area contributed by atoms with Crippen LogP contribution < -0.4 is 5.73 Å². The standard InChI is InChI=1S/C9H11BrClN/c1-5(2)6-3-7(10)9(12)4-8(6)11/h3-5H,12H2,1-2H3. The Kier molecular flexibility index (Phi) is 3.02. The van der Waals surface area contributed by atoms with E-state index in [4.69, 9.17) is 17.3 Å². The van der Waals surface area contributed by atoms with Crippen molar-refractivity contribution < 1.29 is 0 Å². The van der Waals surface area contributed by atoms with E-state index in [1.54, 1.807) is 6.07 Å². The molecule has 0 bridgehead atoms. The fraction of sp³-hybridized carbons (Fsp3) is 0.333. The molecule has 1 aromatic carbocycles. The molecule has 0 saturated heterocycles. The van der Waals surface area contributed by atoms with Crippen LogP contribution in [0.1, 0.15) is 25.3 Å². The zero-order valence-electron chi connectivity index (χ0n) is 7.07. The van der Waals surface area contributed by atoms with Crippen LogP contribution in [0, 0.1) is 0 Å². The van der Waals surface area contributed by atoms with E-state index >= 15 is 0 Å². The molecule has 0 radical (unpaired) electrons. The SMILES string of the molecule is CC(C)c1cc(Br)c(N)cc1Cl. The van der Waals surface area contributed by atoms with Crippen LogP contribution >= 0.6 is 27.5 Å². The molecule has 0 amide bonds. The molecule has 0 aromatic heterocycles. The van der Waals surface area contributed by atoms with Crippen LogP contribution in [0.3, 0.4) is 0 Å². The Morgan fingerprint density at radius 2 is 2.00 bits per heavy atom. The molecule has 0 fully saturated rings. The van der Waals surface area contributed by atoms with Gasteiger partial charge in [0.1, 0.15) is 0 Å². The highest BCUT2D eigenvalue weighted by Gasteiger charge is 2.07. The molecule has 0 unspecified atom stereocenters. The molecular formula is C9H11BrClN. The zero-order valence-corrected chi connectivity index (χ0v) is 9.41. The maximum Gasteiger partial charge on any atom is 0.0473 e. The van der Waals surface area contributed by atoms with Gasteiger partial charge in [0.15, 0.2) is 0 Å². The predicted octanol–water partition coefficient (Wildman–Crippen LogP) is 3.81. The summed E-state index contributed by atoms with van der Waals surface area (Å²) in [5, 5.41) is 0.741. The highest BCUT2D eigenvalue weighted by atomic mass is 79.9. The van der Waals surface area contributed by atoms with E-state index in [2.05, 4.69) is 29.8 Å². The van der Waals surface area contributed by atoms with Crippen molar-refractivity contribution in [3.63, 3.8) is 0 Å². The molecule has 2 N–H and O–H groups in total. The zero-order chi connectivity index (χ0) is 9.30. The van der Waals surface area contributed by atoms with Gasteiger partial charge in [-0.05, 0) is 39.5 Å². The van der Waals surface area contributed by atoms with E-state index in [0.717, 1.165) is 15.1 Å². The number of halogens is 2. The number of benzene rings is 1. The summed E-state index contributed by atoms with van der Waals surface area (Å²) in [5.74, 6) is 0.425. The second-order valence-electron chi connectivity index (χ2n) is 3.05. The van der Waals surface area contributed by atoms with Gasteiger partial charge in [-0.15, -0.1) is 0 Å². The van der Waals surface area contributed by atoms with Gasteiger partial charge in [0.2, 0.25) is 0 Å². The number of anilines is 1. The first-order valence-corrected chi connectivity index (χ1v) is 4.94. The summed E-state index contributed by atoms with van der Waals surface area (Å²) < 4.78 is 0.913. The van der Waals surface area contributed by atoms with E-state index in [9.17, 15) is 0 Å². The van der Waals surface area contributed by atoms with Crippen molar-refractivity contribution in [2.75, 3.05) is 5.73 Å². The first-order chi connectivity index (χ1) is 5.52. The molecule has 0 atom stereocenters. The second-order valence-corrected chi connectivity index (χ2v) is 4.31. The van der Waals surface area contributed by atoms with E-state index < -0.39 is 0 Å². The largest absolute Gasteiger partial charge is 0.398 e. The molecule has 0 spiro atoms. The maximum absolute atomic E-state index is 6.00. The van der Waals surface area contributed by atoms with Gasteiger partial charge in [-0.25, -0.2) is 0 Å². The van der Waals surface area contributed by atoms with Gasteiger partial charge in [0, 0.05) is 15.2 Å². The molecule has 3 heteroatoms. The molecule has 1 aromatic rings. The summed E-state index contributed by atoms with van der Waals surface area (Å²) in [6.07, 6.45) is 0. The van der Waals surface area contributed by atoms with Crippen LogP contribution in [-0.2, 0) is 0 Å². The van der Waals surface area contributed by atoms with E-state index in [0.29, 0.717) is 11.6 Å². The summed E-state index contributed by atoms with van der Waals surface area (Å²) in [6.45, 7) is 4.20. The molecular weight excluding hydrogens is 237 g/mol. The lowest BCUT2D eigenvalue weighted by molar-refractivity contribution is 0.866. The van der Waals surface area contributed by atoms with Gasteiger partial charge < -0.3 is 5.73 Å². The fourth-order valence-electron chi connectivity index (χ4n) is 1.02. The van der Waals surface area contributed by atoms with Crippen molar-refractivity contribution in [2.24, 2.45) is 0 Å². The number of hydrogen-bond donors (Lipinski definition) is 1. The minimum absolute atomic E-state index is 0.425. The van der Waals surface area contributed by atoms with Gasteiger partial charge >= 0.3 is 0 Å². The van der Waals surface area contributed by atoms with Gasteiger partial charge in [-0.2, -0.15) is 0 Å². The van der Waals surface area contributed by atoms with Gasteiger partial charge in [-0.1, -0.05) is 25.4 Å². The van der Waals surface area contributed by atoms with Gasteiger partial charge in [0.25, 0.3) is 0 Å². The Balaban J connectivity index is 3.23. The summed E-state index contributed by atoms with van der Waals surface area (Å²) in [5.41, 5.74) is 7.47. The lowest BCUT2D eigenvalue weighted by Crippen LogP contribution is -1.93. The van der Waals surface area contributed by atoms with E-state index in [-0.39, 0.29) is 0 Å². The number of nitrogens with two attached hydrogens (primary N) is 1. The average Bonchev–Trinajstić information content (AvgIpc) is 1.96. The lowest BCUT2D eigenvalue weighted by atomic mass is 10.0. The van der Waals surface area contributed by atoms with Crippen LogP contribution in [0.5, 0.6) is 0 Å². The Hall–Kier alpha value is -0.210. The Morgan fingerprint density at radius 1 is 1.42 bits per heavy atom. The Bertz CT molecular complexity index is 297. The summed E-state index contributed by atoms with van der Waals surface area (Å²) in [6, 6.07) is 3.75. The van der Waals surface area contributed by atoms with Crippen LogP contribution in [0.15, 0.2) is 16.6 Å². The van der Waals surface area contributed by atoms with Crippen molar-refractivity contribution in [3.8, 4) is 0 Å². The second kappa shape index (κ2) is 3.67. The molecule has 0 saturated carbocycles. The quantitative estimate of drug-likeness (QED) is 0.752. The van der Waals surface area contributed by atoms with Crippen LogP contribution in [0.2, 0.25) is 5.02 Å². The maximum atomic E-state index is 6.00. The fourth-order valence-corrected chi connectivity index (χ4v) is 1.77. The first kappa shape index (κ1) is 9.87. The first-order valence-electron chi connectivity index (χ1n) is 3.76. The topological polar surface area (TPSA) is 26.0 Å². The highest BCUT2D eigenvalue weighted by molar-refractivity contribution is 9.10. The summed E-state index contributed by atoms with van der Waals surface area (Å²) in [7, 11) is 0. The number of nitrogen functional groups attached to an aromatic ring is 1. The number of hydrogen-bond acceptors (Lipinski definition) is 1. The van der Waals surface area contributed by atoms with Crippen molar-refractivity contribution in [1.29, 1.82) is 0 Å². The van der Waals surface area contributed by atoms with Gasteiger partial charge in [-0.3, -0.25) is 0 Å². The van der Waals surface area contributed by atoms with Gasteiger partial charge in [0.05, 0.1) is 0 Å². The molecule has 1 rings (SSSR count). The third-order valence-electron chi connectivity index (χ3n) is 1.74. The molecule has 0 aliphatic heterocycles. The average molecular weight is 249 g/mol. The predicted molar refractivity (Wildman–Crippen MR) is 57.7 cm³/mol. The van der Waals surface area contributed by atoms with Crippen molar-refractivity contribution in [3.05, 3.63) is 27.2 Å². The monoisotopic (exact) mass is 247 g/mol. The normalized spacial score (nSPS) is 10.8. The van der Waals surface area contributed by atoms with Crippen LogP contribution in [-0.4, -0.2) is 0 Å².